The number of aryl methyl sites for hydroxylation is 1. The zero-order chi connectivity index (χ0) is 19.3. The van der Waals surface area contributed by atoms with Crippen LogP contribution in [-0.2, 0) is 6.42 Å². The minimum absolute atomic E-state index is 0.0207. The lowest BCUT2D eigenvalue weighted by atomic mass is 9.71. The molecule has 1 aromatic carbocycles. The van der Waals surface area contributed by atoms with Crippen molar-refractivity contribution in [3.63, 3.8) is 0 Å². The summed E-state index contributed by atoms with van der Waals surface area (Å²) in [5.41, 5.74) is -0.955. The second kappa shape index (κ2) is 6.03. The summed E-state index contributed by atoms with van der Waals surface area (Å²) in [5, 5.41) is 9.15. The Morgan fingerprint density at radius 2 is 1.81 bits per heavy atom. The number of Topliss-reactive ketones (excluding diaryl/α,β-unsaturated/α-hetero) is 1. The smallest absolute Gasteiger partial charge is 0.390 e. The monoisotopic (exact) mass is 371 g/mol. The first-order valence-corrected chi connectivity index (χ1v) is 7.80. The first-order chi connectivity index (χ1) is 12.0. The minimum Gasteiger partial charge on any atom is -0.503 e. The van der Waals surface area contributed by atoms with Crippen molar-refractivity contribution in [1.82, 2.24) is 4.98 Å². The quantitative estimate of drug-likeness (QED) is 0.770. The summed E-state index contributed by atoms with van der Waals surface area (Å²) < 4.78 is 65.3. The van der Waals surface area contributed by atoms with Gasteiger partial charge in [0.25, 0.3) is 0 Å². The molecule has 8 heteroatoms. The van der Waals surface area contributed by atoms with E-state index in [2.05, 4.69) is 4.98 Å². The molecule has 0 amide bonds. The lowest BCUT2D eigenvalue weighted by molar-refractivity contribution is -0.152. The van der Waals surface area contributed by atoms with Gasteiger partial charge in [0.15, 0.2) is 23.2 Å². The molecule has 1 atom stereocenters. The number of phenolic OH excluding ortho intramolecular Hbond substituents is 1. The Balaban J connectivity index is 1.98. The van der Waals surface area contributed by atoms with Crippen LogP contribution in [0.25, 0.3) is 11.3 Å². The molecule has 1 unspecified atom stereocenters. The highest BCUT2D eigenvalue weighted by atomic mass is 19.4. The fraction of sp³-hybridized carbons (Fsp3) is 0.333. The maximum atomic E-state index is 13.5. The Labute approximate surface area is 145 Å². The molecule has 1 aromatic heterocycles. The topological polar surface area (TPSA) is 50.2 Å². The molecule has 2 aromatic rings. The van der Waals surface area contributed by atoms with E-state index in [9.17, 15) is 26.7 Å². The largest absolute Gasteiger partial charge is 0.503 e. The van der Waals surface area contributed by atoms with E-state index in [1.165, 1.54) is 19.1 Å². The van der Waals surface area contributed by atoms with Gasteiger partial charge in [-0.1, -0.05) is 6.92 Å². The van der Waals surface area contributed by atoms with Crippen molar-refractivity contribution in [3.05, 3.63) is 47.2 Å². The van der Waals surface area contributed by atoms with Crippen LogP contribution in [0.4, 0.5) is 22.0 Å². The van der Waals surface area contributed by atoms with Crippen LogP contribution < -0.4 is 0 Å². The minimum atomic E-state index is -4.46. The maximum absolute atomic E-state index is 13.5. The molecule has 3 nitrogen and oxygen atoms in total. The SMILES string of the molecule is CC1(CC(F)(F)F)CCc2nc(-c3cc(F)c(O)c(F)c3)ccc2C1=O. The van der Waals surface area contributed by atoms with Crippen molar-refractivity contribution in [1.29, 1.82) is 0 Å². The van der Waals surface area contributed by atoms with E-state index in [0.29, 0.717) is 5.69 Å². The molecule has 1 N–H and O–H groups in total. The van der Waals surface area contributed by atoms with Gasteiger partial charge >= 0.3 is 6.18 Å². The van der Waals surface area contributed by atoms with Crippen LogP contribution in [0.15, 0.2) is 24.3 Å². The number of rotatable bonds is 2. The number of aromatic hydroxyl groups is 1. The molecule has 0 fully saturated rings. The van der Waals surface area contributed by atoms with Crippen molar-refractivity contribution in [2.24, 2.45) is 5.41 Å². The fourth-order valence-electron chi connectivity index (χ4n) is 3.22. The molecule has 0 saturated carbocycles. The standard InChI is InChI=1S/C18H14F5NO2/c1-17(8-18(21,22)23)5-4-14-10(16(17)26)2-3-13(24-14)9-6-11(19)15(25)12(20)7-9/h2-3,6-7,25H,4-5,8H2,1H3. The van der Waals surface area contributed by atoms with Gasteiger partial charge in [0.2, 0.25) is 0 Å². The van der Waals surface area contributed by atoms with E-state index in [1.807, 2.05) is 0 Å². The van der Waals surface area contributed by atoms with Crippen LogP contribution in [0.5, 0.6) is 5.75 Å². The summed E-state index contributed by atoms with van der Waals surface area (Å²) in [4.78, 5) is 16.7. The van der Waals surface area contributed by atoms with E-state index < -0.39 is 41.2 Å². The van der Waals surface area contributed by atoms with Gasteiger partial charge in [0.1, 0.15) is 0 Å². The van der Waals surface area contributed by atoms with Crippen molar-refractivity contribution < 1.29 is 31.9 Å². The number of phenols is 1. The van der Waals surface area contributed by atoms with Crippen molar-refractivity contribution in [3.8, 4) is 17.0 Å². The lowest BCUT2D eigenvalue weighted by Crippen LogP contribution is -2.37. The number of ketones is 1. The Morgan fingerprint density at radius 3 is 2.38 bits per heavy atom. The summed E-state index contributed by atoms with van der Waals surface area (Å²) in [7, 11) is 0. The van der Waals surface area contributed by atoms with Crippen molar-refractivity contribution in [2.75, 3.05) is 0 Å². The third kappa shape index (κ3) is 3.27. The number of benzene rings is 1. The molecule has 0 bridgehead atoms. The Morgan fingerprint density at radius 1 is 1.19 bits per heavy atom. The molecule has 0 radical (unpaired) electrons. The molecule has 138 valence electrons. The van der Waals surface area contributed by atoms with Gasteiger partial charge in [0, 0.05) is 16.5 Å². The Kier molecular flexibility index (Phi) is 4.24. The van der Waals surface area contributed by atoms with Crippen molar-refractivity contribution in [2.45, 2.75) is 32.4 Å². The summed E-state index contributed by atoms with van der Waals surface area (Å²) in [6, 6.07) is 4.44. The van der Waals surface area contributed by atoms with E-state index in [0.717, 1.165) is 12.1 Å². The van der Waals surface area contributed by atoms with Crippen LogP contribution in [0.1, 0.15) is 35.8 Å². The average molecular weight is 371 g/mol. The number of alkyl halides is 3. The lowest BCUT2D eigenvalue weighted by Gasteiger charge is -2.33. The number of carbonyl (C=O) groups excluding carboxylic acids is 1. The van der Waals surface area contributed by atoms with Crippen LogP contribution in [-0.4, -0.2) is 22.1 Å². The van der Waals surface area contributed by atoms with Gasteiger partial charge < -0.3 is 5.11 Å². The highest BCUT2D eigenvalue weighted by molar-refractivity contribution is 6.02. The molecule has 0 saturated heterocycles. The predicted octanol–water partition coefficient (Wildman–Crippen LogP) is 4.82. The molecule has 1 aliphatic carbocycles. The average Bonchev–Trinajstić information content (AvgIpc) is 2.54. The van der Waals surface area contributed by atoms with E-state index in [-0.39, 0.29) is 29.7 Å². The number of nitrogens with zero attached hydrogens (tertiary/aromatic N) is 1. The Bertz CT molecular complexity index is 871. The molecular formula is C18H14F5NO2. The predicted molar refractivity (Wildman–Crippen MR) is 82.7 cm³/mol. The molecule has 1 aliphatic rings. The molecule has 0 spiro atoms. The second-order valence-electron chi connectivity index (χ2n) is 6.66. The normalized spacial score (nSPS) is 20.2. The number of pyridine rings is 1. The van der Waals surface area contributed by atoms with Crippen LogP contribution in [0.2, 0.25) is 0 Å². The summed E-state index contributed by atoms with van der Waals surface area (Å²) >= 11 is 0. The number of carbonyl (C=O) groups is 1. The molecule has 3 rings (SSSR count). The molecular weight excluding hydrogens is 357 g/mol. The number of hydrogen-bond acceptors (Lipinski definition) is 3. The van der Waals surface area contributed by atoms with Gasteiger partial charge in [-0.2, -0.15) is 13.2 Å². The number of hydrogen-bond donors (Lipinski definition) is 1. The molecule has 0 aliphatic heterocycles. The van der Waals surface area contributed by atoms with E-state index in [4.69, 9.17) is 5.11 Å². The number of aromatic nitrogens is 1. The van der Waals surface area contributed by atoms with Gasteiger partial charge in [-0.15, -0.1) is 0 Å². The highest BCUT2D eigenvalue weighted by Gasteiger charge is 2.46. The van der Waals surface area contributed by atoms with Crippen molar-refractivity contribution >= 4 is 5.78 Å². The van der Waals surface area contributed by atoms with Gasteiger partial charge in [-0.3, -0.25) is 9.78 Å². The first kappa shape index (κ1) is 18.3. The van der Waals surface area contributed by atoms with Crippen LogP contribution in [0, 0.1) is 17.0 Å². The highest BCUT2D eigenvalue weighted by Crippen LogP contribution is 2.43. The fourth-order valence-corrected chi connectivity index (χ4v) is 3.22. The third-order valence-corrected chi connectivity index (χ3v) is 4.58. The third-order valence-electron chi connectivity index (χ3n) is 4.58. The first-order valence-electron chi connectivity index (χ1n) is 7.80. The van der Waals surface area contributed by atoms with Crippen LogP contribution in [0.3, 0.4) is 0 Å². The number of halogens is 5. The van der Waals surface area contributed by atoms with E-state index >= 15 is 0 Å². The van der Waals surface area contributed by atoms with Gasteiger partial charge in [-0.05, 0) is 37.1 Å². The van der Waals surface area contributed by atoms with E-state index in [1.54, 1.807) is 0 Å². The molecule has 26 heavy (non-hydrogen) atoms. The van der Waals surface area contributed by atoms with Crippen LogP contribution >= 0.6 is 0 Å². The summed E-state index contributed by atoms with van der Waals surface area (Å²) in [5.74, 6) is -4.07. The second-order valence-corrected chi connectivity index (χ2v) is 6.66. The zero-order valence-electron chi connectivity index (χ0n) is 13.6. The maximum Gasteiger partial charge on any atom is 0.390 e. The van der Waals surface area contributed by atoms with Gasteiger partial charge in [-0.25, -0.2) is 8.78 Å². The Hall–Kier alpha value is -2.51. The van der Waals surface area contributed by atoms with Gasteiger partial charge in [0.05, 0.1) is 17.8 Å². The summed E-state index contributed by atoms with van der Waals surface area (Å²) in [6.07, 6.45) is -5.55. The summed E-state index contributed by atoms with van der Waals surface area (Å²) in [6.45, 7) is 1.28. The number of fused-ring (bicyclic) bond motifs is 1. The zero-order valence-corrected chi connectivity index (χ0v) is 13.6. The molecule has 1 heterocycles.